The number of aromatic nitrogens is 1. The highest BCUT2D eigenvalue weighted by Gasteiger charge is 2.12. The normalized spacial score (nSPS) is 10.6. The molecule has 0 atom stereocenters. The summed E-state index contributed by atoms with van der Waals surface area (Å²) in [6.07, 6.45) is 0.647. The van der Waals surface area contributed by atoms with Crippen LogP contribution in [0.1, 0.15) is 34.3 Å². The van der Waals surface area contributed by atoms with Crippen molar-refractivity contribution in [3.63, 3.8) is 0 Å². The minimum atomic E-state index is -0.191. The zero-order valence-corrected chi connectivity index (χ0v) is 15.6. The van der Waals surface area contributed by atoms with E-state index in [4.69, 9.17) is 9.15 Å². The number of carbonyl (C=O) groups is 1. The molecule has 2 heterocycles. The first-order valence-electron chi connectivity index (χ1n) is 8.76. The van der Waals surface area contributed by atoms with E-state index in [1.807, 2.05) is 32.0 Å². The summed E-state index contributed by atoms with van der Waals surface area (Å²) in [5.74, 6) is 1.80. The van der Waals surface area contributed by atoms with Crippen LogP contribution in [-0.4, -0.2) is 18.0 Å². The molecule has 1 amide bonds. The number of carbonyl (C=O) groups excluding carboxylic acids is 1. The van der Waals surface area contributed by atoms with Gasteiger partial charge in [-0.2, -0.15) is 0 Å². The summed E-state index contributed by atoms with van der Waals surface area (Å²) in [5.41, 5.74) is 2.78. The number of H-pyrrole nitrogens is 1. The summed E-state index contributed by atoms with van der Waals surface area (Å²) in [5, 5.41) is 2.83. The van der Waals surface area contributed by atoms with Gasteiger partial charge in [0.25, 0.3) is 11.5 Å². The van der Waals surface area contributed by atoms with Crippen molar-refractivity contribution in [1.82, 2.24) is 10.3 Å². The highest BCUT2D eigenvalue weighted by molar-refractivity contribution is 5.94. The standard InChI is InChI=1S/C21H22N2O4/c1-4-14-11-18(13(2)23-21(14)25)19-10-9-17(27-19)12-22-20(24)15-5-7-16(26-3)8-6-15/h5-11H,4,12H2,1-3H3,(H,22,24)(H,23,25). The van der Waals surface area contributed by atoms with Crippen molar-refractivity contribution in [2.75, 3.05) is 7.11 Å². The Kier molecular flexibility index (Phi) is 5.45. The van der Waals surface area contributed by atoms with Crippen LogP contribution in [0.2, 0.25) is 0 Å². The van der Waals surface area contributed by atoms with Gasteiger partial charge in [-0.3, -0.25) is 9.59 Å². The maximum atomic E-state index is 12.2. The molecule has 0 radical (unpaired) electrons. The third-order valence-corrected chi connectivity index (χ3v) is 4.40. The lowest BCUT2D eigenvalue weighted by atomic mass is 10.1. The molecule has 6 nitrogen and oxygen atoms in total. The summed E-state index contributed by atoms with van der Waals surface area (Å²) in [6, 6.07) is 12.4. The number of amides is 1. The molecule has 0 aliphatic rings. The number of furan rings is 1. The Balaban J connectivity index is 1.71. The Morgan fingerprint density at radius 2 is 1.93 bits per heavy atom. The molecule has 6 heteroatoms. The van der Waals surface area contributed by atoms with Crippen LogP contribution in [0.4, 0.5) is 0 Å². The number of benzene rings is 1. The van der Waals surface area contributed by atoms with E-state index in [0.717, 1.165) is 11.3 Å². The summed E-state index contributed by atoms with van der Waals surface area (Å²) >= 11 is 0. The van der Waals surface area contributed by atoms with Crippen molar-refractivity contribution in [2.45, 2.75) is 26.8 Å². The predicted octanol–water partition coefficient (Wildman–Crippen LogP) is 3.44. The largest absolute Gasteiger partial charge is 0.497 e. The van der Waals surface area contributed by atoms with Gasteiger partial charge in [0.05, 0.1) is 13.7 Å². The topological polar surface area (TPSA) is 84.3 Å². The molecule has 3 aromatic rings. The van der Waals surface area contributed by atoms with E-state index in [1.165, 1.54) is 0 Å². The van der Waals surface area contributed by atoms with Gasteiger partial charge in [0.2, 0.25) is 0 Å². The first-order chi connectivity index (χ1) is 13.0. The Morgan fingerprint density at radius 3 is 2.59 bits per heavy atom. The summed E-state index contributed by atoms with van der Waals surface area (Å²) in [4.78, 5) is 27.0. The van der Waals surface area contributed by atoms with E-state index < -0.39 is 0 Å². The fourth-order valence-corrected chi connectivity index (χ4v) is 2.81. The van der Waals surface area contributed by atoms with Crippen molar-refractivity contribution < 1.29 is 13.9 Å². The van der Waals surface area contributed by atoms with Gasteiger partial charge >= 0.3 is 0 Å². The lowest BCUT2D eigenvalue weighted by Crippen LogP contribution is -2.22. The molecule has 2 aromatic heterocycles. The first kappa shape index (κ1) is 18.5. The average Bonchev–Trinajstić information content (AvgIpc) is 3.15. The Hall–Kier alpha value is -3.28. The zero-order valence-electron chi connectivity index (χ0n) is 15.6. The van der Waals surface area contributed by atoms with E-state index in [9.17, 15) is 9.59 Å². The second kappa shape index (κ2) is 7.95. The molecule has 0 unspecified atom stereocenters. The molecule has 1 aromatic carbocycles. The van der Waals surface area contributed by atoms with E-state index in [2.05, 4.69) is 10.3 Å². The van der Waals surface area contributed by atoms with Crippen LogP contribution in [0.3, 0.4) is 0 Å². The summed E-state index contributed by atoms with van der Waals surface area (Å²) < 4.78 is 10.9. The van der Waals surface area contributed by atoms with Crippen molar-refractivity contribution in [2.24, 2.45) is 0 Å². The quantitative estimate of drug-likeness (QED) is 0.700. The van der Waals surface area contributed by atoms with Crippen LogP contribution in [0.25, 0.3) is 11.3 Å². The number of ether oxygens (including phenoxy) is 1. The van der Waals surface area contributed by atoms with Crippen LogP contribution in [0, 0.1) is 6.92 Å². The third kappa shape index (κ3) is 4.11. The van der Waals surface area contributed by atoms with Crippen molar-refractivity contribution in [3.8, 4) is 17.1 Å². The van der Waals surface area contributed by atoms with E-state index >= 15 is 0 Å². The molecule has 2 N–H and O–H groups in total. The van der Waals surface area contributed by atoms with Gasteiger partial charge in [-0.05, 0) is 55.8 Å². The molecule has 0 aliphatic heterocycles. The average molecular weight is 366 g/mol. The lowest BCUT2D eigenvalue weighted by Gasteiger charge is -2.06. The van der Waals surface area contributed by atoms with Gasteiger partial charge in [0.15, 0.2) is 0 Å². The molecule has 3 rings (SSSR count). The number of nitrogens with one attached hydrogen (secondary N) is 2. The molecular formula is C21H22N2O4. The van der Waals surface area contributed by atoms with E-state index in [-0.39, 0.29) is 18.0 Å². The monoisotopic (exact) mass is 366 g/mol. The number of aromatic amines is 1. The van der Waals surface area contributed by atoms with Gasteiger partial charge in [-0.25, -0.2) is 0 Å². The molecule has 0 fully saturated rings. The molecule has 0 saturated carbocycles. The molecular weight excluding hydrogens is 344 g/mol. The highest BCUT2D eigenvalue weighted by atomic mass is 16.5. The van der Waals surface area contributed by atoms with E-state index in [0.29, 0.717) is 34.8 Å². The fourth-order valence-electron chi connectivity index (χ4n) is 2.81. The third-order valence-electron chi connectivity index (χ3n) is 4.40. The van der Waals surface area contributed by atoms with Crippen LogP contribution in [-0.2, 0) is 13.0 Å². The zero-order chi connectivity index (χ0) is 19.4. The summed E-state index contributed by atoms with van der Waals surface area (Å²) in [7, 11) is 1.58. The van der Waals surface area contributed by atoms with Gasteiger partial charge in [-0.1, -0.05) is 6.92 Å². The Bertz CT molecular complexity index is 1000. The summed E-state index contributed by atoms with van der Waals surface area (Å²) in [6.45, 7) is 4.05. The van der Waals surface area contributed by atoms with Crippen LogP contribution < -0.4 is 15.6 Å². The molecule has 140 valence electrons. The Morgan fingerprint density at radius 1 is 1.19 bits per heavy atom. The second-order valence-corrected chi connectivity index (χ2v) is 6.19. The van der Waals surface area contributed by atoms with Crippen LogP contribution >= 0.6 is 0 Å². The van der Waals surface area contributed by atoms with Crippen molar-refractivity contribution in [1.29, 1.82) is 0 Å². The number of methoxy groups -OCH3 is 1. The van der Waals surface area contributed by atoms with Crippen LogP contribution in [0.15, 0.2) is 51.7 Å². The van der Waals surface area contributed by atoms with Gasteiger partial charge in [0, 0.05) is 22.4 Å². The lowest BCUT2D eigenvalue weighted by molar-refractivity contribution is 0.0948. The van der Waals surface area contributed by atoms with Crippen molar-refractivity contribution in [3.05, 3.63) is 75.4 Å². The van der Waals surface area contributed by atoms with Crippen molar-refractivity contribution >= 4 is 5.91 Å². The minimum Gasteiger partial charge on any atom is -0.497 e. The highest BCUT2D eigenvalue weighted by Crippen LogP contribution is 2.24. The molecule has 0 saturated heterocycles. The number of aryl methyl sites for hydroxylation is 2. The number of rotatable bonds is 6. The molecule has 0 aliphatic carbocycles. The van der Waals surface area contributed by atoms with Gasteiger partial charge in [0.1, 0.15) is 17.3 Å². The fraction of sp³-hybridized carbons (Fsp3) is 0.238. The number of hydrogen-bond donors (Lipinski definition) is 2. The smallest absolute Gasteiger partial charge is 0.251 e. The maximum Gasteiger partial charge on any atom is 0.251 e. The first-order valence-corrected chi connectivity index (χ1v) is 8.76. The SMILES string of the molecule is CCc1cc(-c2ccc(CNC(=O)c3ccc(OC)cc3)o2)c(C)[nH]c1=O. The second-order valence-electron chi connectivity index (χ2n) is 6.19. The van der Waals surface area contributed by atoms with E-state index in [1.54, 1.807) is 31.4 Å². The number of hydrogen-bond acceptors (Lipinski definition) is 4. The molecule has 27 heavy (non-hydrogen) atoms. The van der Waals surface area contributed by atoms with Gasteiger partial charge < -0.3 is 19.5 Å². The minimum absolute atomic E-state index is 0.0720. The maximum absolute atomic E-state index is 12.2. The van der Waals surface area contributed by atoms with Crippen LogP contribution in [0.5, 0.6) is 5.75 Å². The Labute approximate surface area is 157 Å². The predicted molar refractivity (Wildman–Crippen MR) is 103 cm³/mol. The number of pyridine rings is 1. The molecule has 0 spiro atoms. The van der Waals surface area contributed by atoms with Gasteiger partial charge in [-0.15, -0.1) is 0 Å². The molecule has 0 bridgehead atoms.